The first-order valence-electron chi connectivity index (χ1n) is 2.86. The predicted octanol–water partition coefficient (Wildman–Crippen LogP) is 2.78. The van der Waals surface area contributed by atoms with Gasteiger partial charge in [0.25, 0.3) is 0 Å². The van der Waals surface area contributed by atoms with Crippen LogP contribution in [0, 0.1) is 6.92 Å². The van der Waals surface area contributed by atoms with Crippen LogP contribution in [-0.2, 0) is 6.42 Å². The molecule has 1 heterocycles. The Bertz CT molecular complexity index is 187. The van der Waals surface area contributed by atoms with E-state index in [9.17, 15) is 0 Å². The molecule has 0 bridgehead atoms. The van der Waals surface area contributed by atoms with Crippen molar-refractivity contribution in [3.8, 4) is 0 Å². The summed E-state index contributed by atoms with van der Waals surface area (Å²) in [6.45, 7) is 4.13. The lowest BCUT2D eigenvalue weighted by Gasteiger charge is -1.79. The lowest BCUT2D eigenvalue weighted by molar-refractivity contribution is 1.06. The van der Waals surface area contributed by atoms with Crippen molar-refractivity contribution in [2.75, 3.05) is 0 Å². The molecule has 0 saturated carbocycles. The predicted molar refractivity (Wildman–Crippen MR) is 43.9 cm³/mol. The van der Waals surface area contributed by atoms with Crippen LogP contribution >= 0.6 is 27.3 Å². The van der Waals surface area contributed by atoms with Gasteiger partial charge in [0.2, 0.25) is 0 Å². The molecule has 3 heteroatoms. The number of aryl methyl sites for hydroxylation is 2. The van der Waals surface area contributed by atoms with E-state index in [0.29, 0.717) is 0 Å². The second-order valence-electron chi connectivity index (χ2n) is 1.82. The Balaban J connectivity index is 2.98. The highest BCUT2D eigenvalue weighted by molar-refractivity contribution is 9.11. The van der Waals surface area contributed by atoms with E-state index in [1.54, 1.807) is 11.3 Å². The Hall–Kier alpha value is 0.110. The molecule has 50 valence electrons. The standard InChI is InChI=1S/C6H8BrNS/c1-3-5-8-4(2)6(7)9-5/h3H2,1-2H3. The molecule has 0 radical (unpaired) electrons. The fourth-order valence-electron chi connectivity index (χ4n) is 0.582. The first-order valence-corrected chi connectivity index (χ1v) is 4.46. The van der Waals surface area contributed by atoms with Crippen molar-refractivity contribution in [2.24, 2.45) is 0 Å². The van der Waals surface area contributed by atoms with E-state index in [0.717, 1.165) is 12.1 Å². The topological polar surface area (TPSA) is 12.9 Å². The van der Waals surface area contributed by atoms with Gasteiger partial charge in [-0.1, -0.05) is 6.92 Å². The highest BCUT2D eigenvalue weighted by Gasteiger charge is 2.00. The van der Waals surface area contributed by atoms with E-state index in [1.165, 1.54) is 8.79 Å². The molecule has 0 amide bonds. The summed E-state index contributed by atoms with van der Waals surface area (Å²) in [6.07, 6.45) is 1.04. The fourth-order valence-corrected chi connectivity index (χ4v) is 1.96. The third kappa shape index (κ3) is 1.52. The maximum atomic E-state index is 4.30. The second-order valence-corrected chi connectivity index (χ2v) is 4.22. The molecule has 0 aliphatic heterocycles. The van der Waals surface area contributed by atoms with E-state index in [4.69, 9.17) is 0 Å². The normalized spacial score (nSPS) is 10.1. The monoisotopic (exact) mass is 205 g/mol. The molecule has 0 fully saturated rings. The van der Waals surface area contributed by atoms with Crippen LogP contribution in [0.5, 0.6) is 0 Å². The molecule has 0 saturated heterocycles. The summed E-state index contributed by atoms with van der Waals surface area (Å²) >= 11 is 5.13. The zero-order valence-electron chi connectivity index (χ0n) is 5.44. The molecule has 0 aliphatic carbocycles. The van der Waals surface area contributed by atoms with Crippen LogP contribution in [0.1, 0.15) is 17.6 Å². The Kier molecular flexibility index (Phi) is 2.24. The summed E-state index contributed by atoms with van der Waals surface area (Å²) in [5.74, 6) is 0. The average Bonchev–Trinajstić information content (AvgIpc) is 2.13. The smallest absolute Gasteiger partial charge is 0.0937 e. The fraction of sp³-hybridized carbons (Fsp3) is 0.500. The molecule has 0 aromatic carbocycles. The van der Waals surface area contributed by atoms with Gasteiger partial charge in [-0.25, -0.2) is 4.98 Å². The third-order valence-corrected chi connectivity index (χ3v) is 3.24. The van der Waals surface area contributed by atoms with Gasteiger partial charge >= 0.3 is 0 Å². The molecular weight excluding hydrogens is 198 g/mol. The quantitative estimate of drug-likeness (QED) is 0.688. The summed E-state index contributed by atoms with van der Waals surface area (Å²) in [7, 11) is 0. The van der Waals surface area contributed by atoms with Crippen LogP contribution in [0.3, 0.4) is 0 Å². The van der Waals surface area contributed by atoms with Gasteiger partial charge in [0.15, 0.2) is 0 Å². The molecule has 0 atom stereocenters. The zero-order chi connectivity index (χ0) is 6.85. The largest absolute Gasteiger partial charge is 0.245 e. The van der Waals surface area contributed by atoms with Crippen LogP contribution in [0.2, 0.25) is 0 Å². The van der Waals surface area contributed by atoms with Gasteiger partial charge < -0.3 is 0 Å². The van der Waals surface area contributed by atoms with E-state index >= 15 is 0 Å². The molecule has 0 spiro atoms. The van der Waals surface area contributed by atoms with Crippen LogP contribution in [0.25, 0.3) is 0 Å². The van der Waals surface area contributed by atoms with Crippen LogP contribution in [-0.4, -0.2) is 4.98 Å². The summed E-state index contributed by atoms with van der Waals surface area (Å²) in [5, 5.41) is 1.21. The SMILES string of the molecule is CCc1nc(C)c(Br)s1. The van der Waals surface area contributed by atoms with Crippen LogP contribution < -0.4 is 0 Å². The third-order valence-electron chi connectivity index (χ3n) is 1.09. The Morgan fingerprint density at radius 3 is 2.56 bits per heavy atom. The van der Waals surface area contributed by atoms with Crippen molar-refractivity contribution in [2.45, 2.75) is 20.3 Å². The first-order chi connectivity index (χ1) is 4.24. The van der Waals surface area contributed by atoms with Crippen molar-refractivity contribution in [1.29, 1.82) is 0 Å². The van der Waals surface area contributed by atoms with Gasteiger partial charge in [0.05, 0.1) is 14.5 Å². The molecular formula is C6H8BrNS. The lowest BCUT2D eigenvalue weighted by atomic mass is 10.5. The van der Waals surface area contributed by atoms with E-state index in [2.05, 4.69) is 27.8 Å². The summed E-state index contributed by atoms with van der Waals surface area (Å²) in [4.78, 5) is 4.30. The van der Waals surface area contributed by atoms with Gasteiger partial charge in [0, 0.05) is 0 Å². The van der Waals surface area contributed by atoms with Crippen LogP contribution in [0.15, 0.2) is 3.79 Å². The summed E-state index contributed by atoms with van der Waals surface area (Å²) < 4.78 is 1.17. The number of halogens is 1. The van der Waals surface area contributed by atoms with E-state index < -0.39 is 0 Å². The Morgan fingerprint density at radius 2 is 2.33 bits per heavy atom. The summed E-state index contributed by atoms with van der Waals surface area (Å²) in [6, 6.07) is 0. The Morgan fingerprint density at radius 1 is 1.67 bits per heavy atom. The van der Waals surface area contributed by atoms with Gasteiger partial charge in [0.1, 0.15) is 0 Å². The minimum absolute atomic E-state index is 1.04. The lowest BCUT2D eigenvalue weighted by Crippen LogP contribution is -1.75. The van der Waals surface area contributed by atoms with Crippen molar-refractivity contribution >= 4 is 27.3 Å². The highest BCUT2D eigenvalue weighted by atomic mass is 79.9. The molecule has 9 heavy (non-hydrogen) atoms. The molecule has 1 aromatic heterocycles. The molecule has 0 aliphatic rings. The highest BCUT2D eigenvalue weighted by Crippen LogP contribution is 2.23. The van der Waals surface area contributed by atoms with E-state index in [1.807, 2.05) is 6.92 Å². The first kappa shape index (κ1) is 7.22. The van der Waals surface area contributed by atoms with Crippen molar-refractivity contribution < 1.29 is 0 Å². The van der Waals surface area contributed by atoms with Gasteiger partial charge in [-0.05, 0) is 29.3 Å². The molecule has 1 aromatic rings. The summed E-state index contributed by atoms with van der Waals surface area (Å²) in [5.41, 5.74) is 1.11. The van der Waals surface area contributed by atoms with Gasteiger partial charge in [-0.3, -0.25) is 0 Å². The maximum Gasteiger partial charge on any atom is 0.0937 e. The number of rotatable bonds is 1. The minimum Gasteiger partial charge on any atom is -0.245 e. The molecule has 1 rings (SSSR count). The van der Waals surface area contributed by atoms with Crippen molar-refractivity contribution in [3.05, 3.63) is 14.5 Å². The number of aromatic nitrogens is 1. The van der Waals surface area contributed by atoms with Crippen molar-refractivity contribution in [3.63, 3.8) is 0 Å². The minimum atomic E-state index is 1.04. The number of nitrogens with zero attached hydrogens (tertiary/aromatic N) is 1. The average molecular weight is 206 g/mol. The maximum absolute atomic E-state index is 4.30. The van der Waals surface area contributed by atoms with E-state index in [-0.39, 0.29) is 0 Å². The Labute approximate surface area is 67.3 Å². The molecule has 0 N–H and O–H groups in total. The van der Waals surface area contributed by atoms with Gasteiger partial charge in [-0.15, -0.1) is 11.3 Å². The molecule has 1 nitrogen and oxygen atoms in total. The van der Waals surface area contributed by atoms with Crippen LogP contribution in [0.4, 0.5) is 0 Å². The molecule has 0 unspecified atom stereocenters. The van der Waals surface area contributed by atoms with Crippen molar-refractivity contribution in [1.82, 2.24) is 4.98 Å². The second kappa shape index (κ2) is 2.80. The van der Waals surface area contributed by atoms with Gasteiger partial charge in [-0.2, -0.15) is 0 Å². The number of hydrogen-bond donors (Lipinski definition) is 0. The number of thiazole rings is 1. The number of hydrogen-bond acceptors (Lipinski definition) is 2. The zero-order valence-corrected chi connectivity index (χ0v) is 7.84.